The summed E-state index contributed by atoms with van der Waals surface area (Å²) in [6.45, 7) is 3.20. The normalized spacial score (nSPS) is 14.2. The molecule has 1 aliphatic rings. The van der Waals surface area contributed by atoms with E-state index in [-0.39, 0.29) is 4.90 Å². The minimum absolute atomic E-state index is 0.156. The maximum Gasteiger partial charge on any atom is 0.279 e. The number of sulfonamides is 1. The second-order valence-corrected chi connectivity index (χ2v) is 11.5. The fraction of sp³-hybridized carbons (Fsp3) is 0.259. The molecule has 1 aromatic heterocycles. The molecule has 0 N–H and O–H groups in total. The second-order valence-electron chi connectivity index (χ2n) is 8.59. The van der Waals surface area contributed by atoms with Crippen molar-refractivity contribution in [1.82, 2.24) is 4.57 Å². The Labute approximate surface area is 214 Å². The Morgan fingerprint density at radius 2 is 1.83 bits per heavy atom. The molecule has 0 radical (unpaired) electrons. The van der Waals surface area contributed by atoms with Crippen LogP contribution in [0.25, 0.3) is 10.2 Å². The maximum absolute atomic E-state index is 13.4. The smallest absolute Gasteiger partial charge is 0.279 e. The first-order valence-corrected chi connectivity index (χ1v) is 14.2. The monoisotopic (exact) mass is 521 g/mol. The Kier molecular flexibility index (Phi) is 6.68. The molecule has 7 nitrogen and oxygen atoms in total. The van der Waals surface area contributed by atoms with E-state index in [9.17, 15) is 13.2 Å². The lowest BCUT2D eigenvalue weighted by Crippen LogP contribution is -2.35. The van der Waals surface area contributed by atoms with Gasteiger partial charge in [-0.05, 0) is 67.3 Å². The largest absolute Gasteiger partial charge is 0.495 e. The van der Waals surface area contributed by atoms with Crippen LogP contribution in [-0.4, -0.2) is 32.5 Å². The number of fused-ring (bicyclic) bond motifs is 2. The van der Waals surface area contributed by atoms with Crippen molar-refractivity contribution >= 4 is 43.2 Å². The van der Waals surface area contributed by atoms with Crippen molar-refractivity contribution in [3.05, 3.63) is 82.7 Å². The van der Waals surface area contributed by atoms with Crippen molar-refractivity contribution in [2.75, 3.05) is 18.0 Å². The van der Waals surface area contributed by atoms with Gasteiger partial charge in [0, 0.05) is 18.7 Å². The quantitative estimate of drug-likeness (QED) is 0.357. The van der Waals surface area contributed by atoms with Crippen LogP contribution >= 0.6 is 11.3 Å². The minimum atomic E-state index is -3.74. The van der Waals surface area contributed by atoms with E-state index in [1.165, 1.54) is 39.9 Å². The zero-order valence-electron chi connectivity index (χ0n) is 20.2. The second kappa shape index (κ2) is 9.91. The van der Waals surface area contributed by atoms with Crippen LogP contribution in [0.2, 0.25) is 0 Å². The molecule has 0 unspecified atom stereocenters. The molecule has 0 fully saturated rings. The van der Waals surface area contributed by atoms with E-state index in [2.05, 4.69) is 11.9 Å². The number of thiazole rings is 1. The van der Waals surface area contributed by atoms with Gasteiger partial charge in [0.2, 0.25) is 0 Å². The van der Waals surface area contributed by atoms with Gasteiger partial charge in [-0.2, -0.15) is 4.99 Å². The first-order valence-electron chi connectivity index (χ1n) is 11.9. The molecule has 36 heavy (non-hydrogen) atoms. The number of aryl methyl sites for hydroxylation is 2. The van der Waals surface area contributed by atoms with Crippen LogP contribution in [0, 0.1) is 0 Å². The van der Waals surface area contributed by atoms with Crippen molar-refractivity contribution in [2.24, 2.45) is 4.99 Å². The summed E-state index contributed by atoms with van der Waals surface area (Å²) in [6, 6.07) is 19.4. The van der Waals surface area contributed by atoms with Crippen LogP contribution < -0.4 is 13.8 Å². The summed E-state index contributed by atoms with van der Waals surface area (Å²) in [6.07, 6.45) is 2.50. The number of methoxy groups -OCH3 is 1. The van der Waals surface area contributed by atoms with Crippen molar-refractivity contribution in [3.63, 3.8) is 0 Å². The number of hydrogen-bond donors (Lipinski definition) is 0. The van der Waals surface area contributed by atoms with E-state index in [1.807, 2.05) is 47.0 Å². The summed E-state index contributed by atoms with van der Waals surface area (Å²) in [7, 11) is -2.11. The highest BCUT2D eigenvalue weighted by Crippen LogP contribution is 2.32. The predicted octanol–water partition coefficient (Wildman–Crippen LogP) is 5.00. The van der Waals surface area contributed by atoms with Crippen LogP contribution in [0.15, 0.2) is 76.6 Å². The van der Waals surface area contributed by atoms with Gasteiger partial charge < -0.3 is 9.30 Å². The summed E-state index contributed by atoms with van der Waals surface area (Å²) in [4.78, 5) is 18.2. The summed E-state index contributed by atoms with van der Waals surface area (Å²) in [5.74, 6) is 0.317. The van der Waals surface area contributed by atoms with Crippen molar-refractivity contribution < 1.29 is 17.9 Å². The zero-order valence-corrected chi connectivity index (χ0v) is 21.8. The number of hydrogen-bond acceptors (Lipinski definition) is 5. The molecule has 0 spiro atoms. The average molecular weight is 522 g/mol. The van der Waals surface area contributed by atoms with Crippen LogP contribution in [-0.2, 0) is 23.0 Å². The third-order valence-corrected chi connectivity index (χ3v) is 9.16. The molecule has 0 aliphatic carbocycles. The van der Waals surface area contributed by atoms with Gasteiger partial charge in [-0.25, -0.2) is 8.42 Å². The lowest BCUT2D eigenvalue weighted by Gasteiger charge is -2.30. The molecule has 1 aliphatic heterocycles. The van der Waals surface area contributed by atoms with Gasteiger partial charge in [-0.15, -0.1) is 0 Å². The Morgan fingerprint density at radius 3 is 2.58 bits per heavy atom. The fourth-order valence-corrected chi connectivity index (χ4v) is 7.19. The lowest BCUT2D eigenvalue weighted by molar-refractivity contribution is 0.0997. The summed E-state index contributed by atoms with van der Waals surface area (Å²) in [5.41, 5.74) is 3.00. The SMILES string of the molecule is CCCn1c(=NC(=O)c2ccc(S(=O)(=O)N3CCCc4ccccc43)cc2)sc2cccc(OC)c21. The number of para-hydroxylation sites is 2. The Hall–Kier alpha value is -3.43. The summed E-state index contributed by atoms with van der Waals surface area (Å²) in [5, 5.41) is 0. The van der Waals surface area contributed by atoms with Crippen LogP contribution in [0.3, 0.4) is 0 Å². The average Bonchev–Trinajstić information content (AvgIpc) is 3.25. The van der Waals surface area contributed by atoms with Gasteiger partial charge in [-0.1, -0.05) is 42.5 Å². The number of benzene rings is 3. The Bertz CT molecular complexity index is 1600. The van der Waals surface area contributed by atoms with Gasteiger partial charge in [-0.3, -0.25) is 9.10 Å². The molecule has 0 saturated carbocycles. The Balaban J connectivity index is 1.48. The van der Waals surface area contributed by atoms with E-state index in [4.69, 9.17) is 4.74 Å². The first-order chi connectivity index (χ1) is 17.4. The molecular weight excluding hydrogens is 494 g/mol. The van der Waals surface area contributed by atoms with Crippen LogP contribution in [0.1, 0.15) is 35.7 Å². The predicted molar refractivity (Wildman–Crippen MR) is 142 cm³/mol. The molecule has 2 heterocycles. The van der Waals surface area contributed by atoms with Crippen molar-refractivity contribution in [2.45, 2.75) is 37.6 Å². The maximum atomic E-state index is 13.4. The van der Waals surface area contributed by atoms with Crippen molar-refractivity contribution in [3.8, 4) is 5.75 Å². The highest BCUT2D eigenvalue weighted by molar-refractivity contribution is 7.92. The summed E-state index contributed by atoms with van der Waals surface area (Å²) >= 11 is 1.43. The molecule has 4 aromatic rings. The number of rotatable bonds is 6. The highest BCUT2D eigenvalue weighted by atomic mass is 32.2. The standard InChI is InChI=1S/C27H27N3O4S2/c1-3-17-29-25-23(34-2)11-6-12-24(25)35-27(29)28-26(31)20-13-15-21(16-14-20)36(32,33)30-18-7-9-19-8-4-5-10-22(19)30/h4-6,8,10-16H,3,7,9,17-18H2,1-2H3. The number of amides is 1. The zero-order chi connectivity index (χ0) is 25.3. The van der Waals surface area contributed by atoms with Gasteiger partial charge in [0.1, 0.15) is 11.3 Å². The van der Waals surface area contributed by atoms with E-state index in [1.54, 1.807) is 7.11 Å². The molecule has 186 valence electrons. The fourth-order valence-electron chi connectivity index (χ4n) is 4.58. The van der Waals surface area contributed by atoms with Crippen LogP contribution in [0.4, 0.5) is 5.69 Å². The van der Waals surface area contributed by atoms with Gasteiger partial charge in [0.05, 0.1) is 22.4 Å². The van der Waals surface area contributed by atoms with E-state index in [0.29, 0.717) is 23.5 Å². The first kappa shape index (κ1) is 24.3. The van der Waals surface area contributed by atoms with Crippen molar-refractivity contribution in [1.29, 1.82) is 0 Å². The molecule has 3 aromatic carbocycles. The molecule has 5 rings (SSSR count). The molecule has 0 saturated heterocycles. The number of aromatic nitrogens is 1. The third kappa shape index (κ3) is 4.33. The number of carbonyl (C=O) groups is 1. The van der Waals surface area contributed by atoms with Gasteiger partial charge in [0.25, 0.3) is 15.9 Å². The molecule has 0 atom stereocenters. The van der Waals surface area contributed by atoms with E-state index < -0.39 is 15.9 Å². The molecular formula is C27H27N3O4S2. The molecule has 1 amide bonds. The Morgan fingerprint density at radius 1 is 1.06 bits per heavy atom. The number of anilines is 1. The van der Waals surface area contributed by atoms with Crippen LogP contribution in [0.5, 0.6) is 5.75 Å². The third-order valence-electron chi connectivity index (χ3n) is 6.29. The minimum Gasteiger partial charge on any atom is -0.495 e. The molecule has 9 heteroatoms. The molecule has 0 bridgehead atoms. The summed E-state index contributed by atoms with van der Waals surface area (Å²) < 4.78 is 36.8. The van der Waals surface area contributed by atoms with Gasteiger partial charge >= 0.3 is 0 Å². The number of ether oxygens (including phenoxy) is 1. The van der Waals surface area contributed by atoms with Gasteiger partial charge in [0.15, 0.2) is 4.80 Å². The topological polar surface area (TPSA) is 81.0 Å². The number of nitrogens with zero attached hydrogens (tertiary/aromatic N) is 3. The highest BCUT2D eigenvalue weighted by Gasteiger charge is 2.29. The lowest BCUT2D eigenvalue weighted by atomic mass is 10.0. The number of carbonyl (C=O) groups excluding carboxylic acids is 1. The van der Waals surface area contributed by atoms with E-state index in [0.717, 1.165) is 46.5 Å². The van der Waals surface area contributed by atoms with E-state index >= 15 is 0 Å².